The van der Waals surface area contributed by atoms with Gasteiger partial charge in [0.25, 0.3) is 0 Å². The summed E-state index contributed by atoms with van der Waals surface area (Å²) in [5, 5.41) is 36.9. The van der Waals surface area contributed by atoms with Crippen molar-refractivity contribution < 1.29 is 58.5 Å². The van der Waals surface area contributed by atoms with Crippen molar-refractivity contribution >= 4 is 53.4 Å². The fourth-order valence-corrected chi connectivity index (χ4v) is 4.79. The first-order valence-electron chi connectivity index (χ1n) is 14.9. The molecule has 1 fully saturated rings. The lowest BCUT2D eigenvalue weighted by Gasteiger charge is -2.30. The minimum atomic E-state index is -1.67. The SMILES string of the molecule is CC[C@H](C)[C@H](NC(=O)[C@@H]1CCCN1C(C)=O)C(=O)N[C@@H](CCC(N)=O)C(=O)N[C@@H](CCC(=O)O)C(=O)N[C@@H](CCC(=O)O)C(=O)O. The number of carboxylic acid groups (broad SMARTS) is 3. The highest BCUT2D eigenvalue weighted by Crippen LogP contribution is 2.19. The molecule has 6 amide bonds. The van der Waals surface area contributed by atoms with Crippen LogP contribution in [0.1, 0.15) is 78.6 Å². The quantitative estimate of drug-likeness (QED) is 0.0710. The van der Waals surface area contributed by atoms with Crippen LogP contribution >= 0.6 is 0 Å². The third kappa shape index (κ3) is 13.1. The van der Waals surface area contributed by atoms with E-state index in [-0.39, 0.29) is 12.3 Å². The standard InChI is InChI=1S/C28H44N6O12/c1-4-14(2)23(33-26(43)19-6-5-13-34(19)15(3)35)27(44)31-16(7-10-20(29)36)24(41)30-17(8-11-21(37)38)25(42)32-18(28(45)46)9-12-22(39)40/h14,16-19,23H,4-13H2,1-3H3,(H2,29,36)(H,30,41)(H,31,44)(H,32,42)(H,33,43)(H,37,38)(H,39,40)(H,45,46)/t14-,16-,17-,18-,19-,23-/m0/s1. The van der Waals surface area contributed by atoms with Crippen LogP contribution < -0.4 is 27.0 Å². The Bertz CT molecular complexity index is 1180. The number of carbonyl (C=O) groups excluding carboxylic acids is 6. The van der Waals surface area contributed by atoms with Crippen molar-refractivity contribution in [2.75, 3.05) is 6.54 Å². The number of hydrogen-bond donors (Lipinski definition) is 8. The van der Waals surface area contributed by atoms with E-state index < -0.39 is 116 Å². The maximum atomic E-state index is 13.5. The maximum Gasteiger partial charge on any atom is 0.326 e. The number of nitrogens with two attached hydrogens (primary N) is 1. The van der Waals surface area contributed by atoms with E-state index in [1.54, 1.807) is 13.8 Å². The van der Waals surface area contributed by atoms with Crippen LogP contribution in [0.5, 0.6) is 0 Å². The van der Waals surface area contributed by atoms with Crippen molar-refractivity contribution in [2.45, 2.75) is 109 Å². The smallest absolute Gasteiger partial charge is 0.326 e. The van der Waals surface area contributed by atoms with E-state index in [2.05, 4.69) is 21.3 Å². The van der Waals surface area contributed by atoms with Crippen LogP contribution in [0.3, 0.4) is 0 Å². The summed E-state index contributed by atoms with van der Waals surface area (Å²) in [6.45, 7) is 5.15. The molecule has 18 heteroatoms. The second-order valence-electron chi connectivity index (χ2n) is 11.1. The number of nitrogens with zero attached hydrogens (tertiary/aromatic N) is 1. The van der Waals surface area contributed by atoms with Crippen molar-refractivity contribution in [3.63, 3.8) is 0 Å². The number of primary amides is 1. The lowest BCUT2D eigenvalue weighted by Crippen LogP contribution is -2.59. The Morgan fingerprint density at radius 3 is 1.70 bits per heavy atom. The Hall–Kier alpha value is -4.77. The van der Waals surface area contributed by atoms with Crippen molar-refractivity contribution in [1.82, 2.24) is 26.2 Å². The molecule has 0 aromatic carbocycles. The molecule has 1 aliphatic heterocycles. The molecule has 0 radical (unpaired) electrons. The number of amides is 6. The summed E-state index contributed by atoms with van der Waals surface area (Å²) in [5.41, 5.74) is 5.24. The third-order valence-corrected chi connectivity index (χ3v) is 7.61. The topological polar surface area (TPSA) is 292 Å². The van der Waals surface area contributed by atoms with Gasteiger partial charge in [-0.05, 0) is 38.0 Å². The average Bonchev–Trinajstić information content (AvgIpc) is 3.47. The molecule has 46 heavy (non-hydrogen) atoms. The van der Waals surface area contributed by atoms with Crippen molar-refractivity contribution in [3.05, 3.63) is 0 Å². The van der Waals surface area contributed by atoms with Crippen LogP contribution in [0.15, 0.2) is 0 Å². The van der Waals surface area contributed by atoms with Gasteiger partial charge < -0.3 is 47.2 Å². The van der Waals surface area contributed by atoms with Crippen LogP contribution in [0.2, 0.25) is 0 Å². The number of likely N-dealkylation sites (tertiary alicyclic amines) is 1. The number of aliphatic carboxylic acids is 3. The van der Waals surface area contributed by atoms with Crippen LogP contribution in [-0.4, -0.2) is 110 Å². The summed E-state index contributed by atoms with van der Waals surface area (Å²) in [6.07, 6.45) is -1.58. The highest BCUT2D eigenvalue weighted by atomic mass is 16.4. The monoisotopic (exact) mass is 656 g/mol. The molecule has 0 saturated carbocycles. The third-order valence-electron chi connectivity index (χ3n) is 7.61. The van der Waals surface area contributed by atoms with Gasteiger partial charge in [-0.1, -0.05) is 20.3 Å². The Balaban J connectivity index is 3.22. The molecular weight excluding hydrogens is 612 g/mol. The zero-order chi connectivity index (χ0) is 35.1. The minimum Gasteiger partial charge on any atom is -0.481 e. The molecule has 0 aromatic heterocycles. The van der Waals surface area contributed by atoms with E-state index in [0.717, 1.165) is 0 Å². The van der Waals surface area contributed by atoms with Gasteiger partial charge in [-0.15, -0.1) is 0 Å². The van der Waals surface area contributed by atoms with Gasteiger partial charge in [0.1, 0.15) is 30.2 Å². The summed E-state index contributed by atoms with van der Waals surface area (Å²) < 4.78 is 0. The van der Waals surface area contributed by atoms with Crippen molar-refractivity contribution in [2.24, 2.45) is 11.7 Å². The summed E-state index contributed by atoms with van der Waals surface area (Å²) >= 11 is 0. The maximum absolute atomic E-state index is 13.5. The molecule has 0 aliphatic carbocycles. The molecule has 1 heterocycles. The number of nitrogens with one attached hydrogen (secondary N) is 4. The molecule has 18 nitrogen and oxygen atoms in total. The van der Waals surface area contributed by atoms with Crippen LogP contribution in [0.4, 0.5) is 0 Å². The summed E-state index contributed by atoms with van der Waals surface area (Å²) in [7, 11) is 0. The summed E-state index contributed by atoms with van der Waals surface area (Å²) in [5.74, 6) is -9.35. The normalized spacial score (nSPS) is 17.4. The predicted molar refractivity (Wildman–Crippen MR) is 157 cm³/mol. The molecule has 0 unspecified atom stereocenters. The molecular formula is C28H44N6O12. The summed E-state index contributed by atoms with van der Waals surface area (Å²) in [4.78, 5) is 111. The van der Waals surface area contributed by atoms with Gasteiger partial charge in [0.15, 0.2) is 0 Å². The molecule has 6 atom stereocenters. The Morgan fingerprint density at radius 2 is 1.24 bits per heavy atom. The molecule has 1 aliphatic rings. The van der Waals surface area contributed by atoms with E-state index in [0.29, 0.717) is 25.8 Å². The number of hydrogen-bond acceptors (Lipinski definition) is 9. The minimum absolute atomic E-state index is 0.302. The van der Waals surface area contributed by atoms with E-state index in [4.69, 9.17) is 15.9 Å². The van der Waals surface area contributed by atoms with Gasteiger partial charge in [-0.25, -0.2) is 4.79 Å². The van der Waals surface area contributed by atoms with E-state index in [9.17, 15) is 48.3 Å². The molecule has 0 bridgehead atoms. The first-order chi connectivity index (χ1) is 21.5. The first-order valence-corrected chi connectivity index (χ1v) is 14.9. The van der Waals surface area contributed by atoms with Gasteiger partial charge in [-0.2, -0.15) is 0 Å². The van der Waals surface area contributed by atoms with Gasteiger partial charge in [-0.3, -0.25) is 38.4 Å². The Labute approximate surface area is 265 Å². The van der Waals surface area contributed by atoms with Gasteiger partial charge in [0.2, 0.25) is 35.4 Å². The van der Waals surface area contributed by atoms with E-state index in [1.807, 2.05) is 0 Å². The fourth-order valence-electron chi connectivity index (χ4n) is 4.79. The number of rotatable bonds is 20. The van der Waals surface area contributed by atoms with Crippen molar-refractivity contribution in [3.8, 4) is 0 Å². The molecule has 0 spiro atoms. The lowest BCUT2D eigenvalue weighted by molar-refractivity contribution is -0.144. The second-order valence-corrected chi connectivity index (χ2v) is 11.1. The lowest BCUT2D eigenvalue weighted by atomic mass is 9.96. The largest absolute Gasteiger partial charge is 0.481 e. The highest BCUT2D eigenvalue weighted by Gasteiger charge is 2.37. The average molecular weight is 657 g/mol. The first kappa shape index (κ1) is 39.3. The predicted octanol–water partition coefficient (Wildman–Crippen LogP) is -1.94. The zero-order valence-electron chi connectivity index (χ0n) is 26.1. The summed E-state index contributed by atoms with van der Waals surface area (Å²) in [6, 6.07) is -6.77. The zero-order valence-corrected chi connectivity index (χ0v) is 26.1. The molecule has 1 rings (SSSR count). The number of carboxylic acids is 3. The molecule has 0 aromatic rings. The number of carbonyl (C=O) groups is 9. The van der Waals surface area contributed by atoms with Crippen molar-refractivity contribution in [1.29, 1.82) is 0 Å². The van der Waals surface area contributed by atoms with E-state index >= 15 is 0 Å². The Kier molecular flexibility index (Phi) is 16.1. The highest BCUT2D eigenvalue weighted by molar-refractivity contribution is 5.96. The van der Waals surface area contributed by atoms with Gasteiger partial charge in [0, 0.05) is 32.7 Å². The van der Waals surface area contributed by atoms with Gasteiger partial charge >= 0.3 is 17.9 Å². The fraction of sp³-hybridized carbons (Fsp3) is 0.679. The van der Waals surface area contributed by atoms with Crippen LogP contribution in [-0.2, 0) is 43.2 Å². The molecule has 258 valence electrons. The van der Waals surface area contributed by atoms with Crippen LogP contribution in [0, 0.1) is 5.92 Å². The Morgan fingerprint density at radius 1 is 0.761 bits per heavy atom. The van der Waals surface area contributed by atoms with Gasteiger partial charge in [0.05, 0.1) is 0 Å². The van der Waals surface area contributed by atoms with Crippen LogP contribution in [0.25, 0.3) is 0 Å². The second kappa shape index (κ2) is 18.9. The molecule has 9 N–H and O–H groups in total. The van der Waals surface area contributed by atoms with E-state index in [1.165, 1.54) is 11.8 Å². The molecule has 1 saturated heterocycles.